The van der Waals surface area contributed by atoms with Crippen LogP contribution in [-0.4, -0.2) is 29.1 Å². The molecule has 0 heterocycles. The van der Waals surface area contributed by atoms with Gasteiger partial charge in [-0.1, -0.05) is 68.4 Å². The number of aromatic hydroxyl groups is 1. The number of rotatable bonds is 3. The first-order valence-corrected chi connectivity index (χ1v) is 8.70. The molecule has 1 aromatic rings. The third-order valence-corrected chi connectivity index (χ3v) is 4.38. The molecule has 0 aliphatic rings. The van der Waals surface area contributed by atoms with Crippen molar-refractivity contribution in [1.29, 1.82) is 0 Å². The van der Waals surface area contributed by atoms with E-state index in [1.165, 1.54) is 5.56 Å². The Kier molecular flexibility index (Phi) is 5.93. The number of phenolic OH excluding ortho intramolecular Hbond substituents is 1. The van der Waals surface area contributed by atoms with Crippen LogP contribution in [0, 0.1) is 5.41 Å². The summed E-state index contributed by atoms with van der Waals surface area (Å²) >= 11 is 0. The fourth-order valence-corrected chi connectivity index (χ4v) is 2.47. The van der Waals surface area contributed by atoms with Crippen LogP contribution in [0.2, 0.25) is 0 Å². The number of hydrogen-bond acceptors (Lipinski definition) is 3. The van der Waals surface area contributed by atoms with E-state index in [0.717, 1.165) is 11.1 Å². The second kappa shape index (κ2) is 6.87. The van der Waals surface area contributed by atoms with Crippen LogP contribution < -0.4 is 0 Å². The van der Waals surface area contributed by atoms with Gasteiger partial charge in [0, 0.05) is 17.3 Å². The minimum absolute atomic E-state index is 0.00808. The minimum atomic E-state index is -0.201. The lowest BCUT2D eigenvalue weighted by Crippen LogP contribution is -2.28. The lowest BCUT2D eigenvalue weighted by molar-refractivity contribution is 0.191. The van der Waals surface area contributed by atoms with Gasteiger partial charge in [0.15, 0.2) is 0 Å². The Labute approximate surface area is 147 Å². The van der Waals surface area contributed by atoms with E-state index in [0.29, 0.717) is 0 Å². The molecule has 1 rings (SSSR count). The summed E-state index contributed by atoms with van der Waals surface area (Å²) in [6.07, 6.45) is 1.71. The maximum absolute atomic E-state index is 10.7. The fraction of sp³-hybridized carbons (Fsp3) is 0.667. The molecule has 0 aliphatic heterocycles. The summed E-state index contributed by atoms with van der Waals surface area (Å²) in [4.78, 5) is 4.56. The number of aliphatic hydroxyl groups excluding tert-OH is 1. The first-order chi connectivity index (χ1) is 10.7. The van der Waals surface area contributed by atoms with Crippen molar-refractivity contribution in [2.24, 2.45) is 10.4 Å². The van der Waals surface area contributed by atoms with Crippen LogP contribution in [-0.2, 0) is 10.8 Å². The summed E-state index contributed by atoms with van der Waals surface area (Å²) in [6, 6.07) is 3.90. The van der Waals surface area contributed by atoms with Crippen molar-refractivity contribution in [2.45, 2.75) is 79.2 Å². The highest BCUT2D eigenvalue weighted by Crippen LogP contribution is 2.37. The second-order valence-electron chi connectivity index (χ2n) is 9.80. The molecule has 0 aliphatic carbocycles. The molecule has 1 unspecified atom stereocenters. The maximum atomic E-state index is 10.7. The van der Waals surface area contributed by atoms with Gasteiger partial charge in [-0.3, -0.25) is 4.99 Å². The van der Waals surface area contributed by atoms with E-state index in [9.17, 15) is 10.2 Å². The van der Waals surface area contributed by atoms with Gasteiger partial charge in [-0.15, -0.1) is 0 Å². The molecule has 0 aromatic heterocycles. The van der Waals surface area contributed by atoms with Gasteiger partial charge in [-0.25, -0.2) is 0 Å². The highest BCUT2D eigenvalue weighted by atomic mass is 16.3. The first-order valence-electron chi connectivity index (χ1n) is 8.70. The summed E-state index contributed by atoms with van der Waals surface area (Å²) < 4.78 is 0. The van der Waals surface area contributed by atoms with E-state index in [-0.39, 0.29) is 34.6 Å². The molecule has 0 bridgehead atoms. The Hall–Kier alpha value is -1.35. The summed E-state index contributed by atoms with van der Waals surface area (Å²) in [5.41, 5.74) is 2.51. The summed E-state index contributed by atoms with van der Waals surface area (Å²) in [5.74, 6) is 0.282. The molecular weight excluding hydrogens is 298 g/mol. The highest BCUT2D eigenvalue weighted by Gasteiger charge is 2.26. The highest BCUT2D eigenvalue weighted by molar-refractivity contribution is 5.85. The Morgan fingerprint density at radius 1 is 0.958 bits per heavy atom. The van der Waals surface area contributed by atoms with Gasteiger partial charge in [0.2, 0.25) is 0 Å². The van der Waals surface area contributed by atoms with Crippen LogP contribution in [0.4, 0.5) is 0 Å². The van der Waals surface area contributed by atoms with Gasteiger partial charge < -0.3 is 10.2 Å². The normalized spacial score (nSPS) is 15.1. The Morgan fingerprint density at radius 3 is 1.88 bits per heavy atom. The zero-order valence-corrected chi connectivity index (χ0v) is 16.9. The zero-order valence-electron chi connectivity index (χ0n) is 16.9. The van der Waals surface area contributed by atoms with Crippen LogP contribution >= 0.6 is 0 Å². The van der Waals surface area contributed by atoms with Crippen LogP contribution in [0.15, 0.2) is 17.1 Å². The maximum Gasteiger partial charge on any atom is 0.128 e. The van der Waals surface area contributed by atoms with Gasteiger partial charge in [-0.05, 0) is 27.9 Å². The summed E-state index contributed by atoms with van der Waals surface area (Å²) in [6.45, 7) is 18.9. The van der Waals surface area contributed by atoms with Crippen molar-refractivity contribution in [3.8, 4) is 5.75 Å². The first kappa shape index (κ1) is 20.7. The average Bonchev–Trinajstić information content (AvgIpc) is 2.36. The fourth-order valence-electron chi connectivity index (χ4n) is 2.47. The zero-order chi connectivity index (χ0) is 18.9. The van der Waals surface area contributed by atoms with Crippen molar-refractivity contribution >= 4 is 6.21 Å². The Balaban J connectivity index is 3.47. The Morgan fingerprint density at radius 2 is 1.50 bits per heavy atom. The minimum Gasteiger partial charge on any atom is -0.507 e. The van der Waals surface area contributed by atoms with Gasteiger partial charge in [-0.2, -0.15) is 0 Å². The molecule has 3 heteroatoms. The van der Waals surface area contributed by atoms with E-state index in [4.69, 9.17) is 0 Å². The van der Waals surface area contributed by atoms with E-state index in [2.05, 4.69) is 73.4 Å². The molecule has 0 radical (unpaired) electrons. The van der Waals surface area contributed by atoms with Gasteiger partial charge >= 0.3 is 0 Å². The van der Waals surface area contributed by atoms with Crippen molar-refractivity contribution in [3.63, 3.8) is 0 Å². The third kappa shape index (κ3) is 5.07. The molecule has 0 amide bonds. The smallest absolute Gasteiger partial charge is 0.128 e. The average molecular weight is 334 g/mol. The SMILES string of the molecule is CC(C)(C)c1cc(/C=N/C(CO)C(C)(C)C)c(O)c(C(C)(C)C)c1. The van der Waals surface area contributed by atoms with E-state index >= 15 is 0 Å². The standard InChI is InChI=1S/C21H35NO2/c1-19(2,3)15-10-14(12-22-17(13-23)21(7,8)9)18(24)16(11-15)20(4,5)6/h10-12,17,23-24H,13H2,1-9H3/b22-12+. The van der Waals surface area contributed by atoms with Gasteiger partial charge in [0.25, 0.3) is 0 Å². The molecule has 1 aromatic carbocycles. The number of aliphatic imine (C=N–C) groups is 1. The molecule has 0 spiro atoms. The quantitative estimate of drug-likeness (QED) is 0.780. The van der Waals surface area contributed by atoms with Crippen molar-refractivity contribution < 1.29 is 10.2 Å². The lowest BCUT2D eigenvalue weighted by Gasteiger charge is -2.27. The number of benzene rings is 1. The Bertz CT molecular complexity index is 596. The van der Waals surface area contributed by atoms with E-state index in [1.54, 1.807) is 6.21 Å². The molecule has 0 saturated carbocycles. The third-order valence-electron chi connectivity index (χ3n) is 4.38. The largest absolute Gasteiger partial charge is 0.507 e. The molecule has 136 valence electrons. The number of aliphatic hydroxyl groups is 1. The van der Waals surface area contributed by atoms with E-state index in [1.807, 2.05) is 6.07 Å². The van der Waals surface area contributed by atoms with E-state index < -0.39 is 0 Å². The monoisotopic (exact) mass is 333 g/mol. The van der Waals surface area contributed by atoms with Crippen LogP contribution in [0.5, 0.6) is 5.75 Å². The topological polar surface area (TPSA) is 52.8 Å². The van der Waals surface area contributed by atoms with Crippen molar-refractivity contribution in [1.82, 2.24) is 0 Å². The van der Waals surface area contributed by atoms with Gasteiger partial charge in [0.05, 0.1) is 12.6 Å². The molecule has 2 N–H and O–H groups in total. The predicted octanol–water partition coefficient (Wildman–Crippen LogP) is 4.81. The molecule has 0 saturated heterocycles. The number of hydrogen-bond donors (Lipinski definition) is 2. The molecule has 1 atom stereocenters. The second-order valence-corrected chi connectivity index (χ2v) is 9.80. The molecule has 3 nitrogen and oxygen atoms in total. The summed E-state index contributed by atoms with van der Waals surface area (Å²) in [5, 5.41) is 20.3. The lowest BCUT2D eigenvalue weighted by atomic mass is 9.79. The van der Waals surface area contributed by atoms with Crippen LogP contribution in [0.25, 0.3) is 0 Å². The predicted molar refractivity (Wildman–Crippen MR) is 103 cm³/mol. The van der Waals surface area contributed by atoms with Crippen LogP contribution in [0.1, 0.15) is 79.0 Å². The van der Waals surface area contributed by atoms with Crippen molar-refractivity contribution in [3.05, 3.63) is 28.8 Å². The molecular formula is C21H35NO2. The number of phenols is 1. The molecule has 24 heavy (non-hydrogen) atoms. The number of nitrogens with zero attached hydrogens (tertiary/aromatic N) is 1. The molecule has 0 fully saturated rings. The summed E-state index contributed by atoms with van der Waals surface area (Å²) in [7, 11) is 0. The van der Waals surface area contributed by atoms with Crippen LogP contribution in [0.3, 0.4) is 0 Å². The van der Waals surface area contributed by atoms with Gasteiger partial charge in [0.1, 0.15) is 5.75 Å². The van der Waals surface area contributed by atoms with Crippen molar-refractivity contribution in [2.75, 3.05) is 6.61 Å².